The molecule has 0 atom stereocenters. The summed E-state index contributed by atoms with van der Waals surface area (Å²) in [6.07, 6.45) is 0.568. The molecule has 0 aliphatic carbocycles. The molecule has 1 heterocycles. The minimum absolute atomic E-state index is 0.257. The molecule has 0 bridgehead atoms. The first-order valence-corrected chi connectivity index (χ1v) is 11.3. The van der Waals surface area contributed by atoms with Gasteiger partial charge in [0.05, 0.1) is 18.5 Å². The summed E-state index contributed by atoms with van der Waals surface area (Å²) in [6.45, 7) is 0.402. The Morgan fingerprint density at radius 1 is 0.970 bits per heavy atom. The first kappa shape index (κ1) is 23.2. The smallest absolute Gasteiger partial charge is 0.270 e. The van der Waals surface area contributed by atoms with Gasteiger partial charge in [-0.15, -0.1) is 0 Å². The predicted molar refractivity (Wildman–Crippen MR) is 133 cm³/mol. The summed E-state index contributed by atoms with van der Waals surface area (Å²) < 4.78 is 6.82. The van der Waals surface area contributed by atoms with Gasteiger partial charge in [0, 0.05) is 27.2 Å². The van der Waals surface area contributed by atoms with E-state index in [4.69, 9.17) is 39.5 Å². The lowest BCUT2D eigenvalue weighted by Crippen LogP contribution is -2.27. The number of methoxy groups -OCH3 is 1. The number of nitrogens with zero attached hydrogens (tertiary/aromatic N) is 2. The molecular formula is C25H20Cl3N3O2. The molecule has 1 amide bonds. The van der Waals surface area contributed by atoms with E-state index in [1.54, 1.807) is 42.1 Å². The molecule has 1 aromatic heterocycles. The number of nitrogens with one attached hydrogen (secondary N) is 1. The number of carbonyl (C=O) groups is 1. The van der Waals surface area contributed by atoms with Gasteiger partial charge in [0.2, 0.25) is 0 Å². The van der Waals surface area contributed by atoms with Crippen LogP contribution in [-0.4, -0.2) is 29.3 Å². The van der Waals surface area contributed by atoms with Crippen molar-refractivity contribution in [1.82, 2.24) is 15.1 Å². The van der Waals surface area contributed by atoms with Crippen LogP contribution >= 0.6 is 34.8 Å². The lowest BCUT2D eigenvalue weighted by atomic mass is 10.1. The van der Waals surface area contributed by atoms with E-state index in [0.29, 0.717) is 45.1 Å². The maximum Gasteiger partial charge on any atom is 0.270 e. The molecule has 168 valence electrons. The Balaban J connectivity index is 1.60. The average molecular weight is 501 g/mol. The van der Waals surface area contributed by atoms with Gasteiger partial charge < -0.3 is 10.1 Å². The number of ether oxygens (including phenoxy) is 1. The van der Waals surface area contributed by atoms with Gasteiger partial charge in [0.15, 0.2) is 0 Å². The highest BCUT2D eigenvalue weighted by Crippen LogP contribution is 2.25. The normalized spacial score (nSPS) is 10.8. The Labute approximate surface area is 206 Å². The number of halogens is 3. The van der Waals surface area contributed by atoms with Crippen LogP contribution in [0.3, 0.4) is 0 Å². The van der Waals surface area contributed by atoms with Crippen molar-refractivity contribution >= 4 is 40.7 Å². The number of amides is 1. The van der Waals surface area contributed by atoms with Gasteiger partial charge in [-0.3, -0.25) is 4.79 Å². The number of hydrogen-bond donors (Lipinski definition) is 1. The summed E-state index contributed by atoms with van der Waals surface area (Å²) in [5.41, 5.74) is 3.50. The largest absolute Gasteiger partial charge is 0.497 e. The lowest BCUT2D eigenvalue weighted by molar-refractivity contribution is 0.0946. The summed E-state index contributed by atoms with van der Waals surface area (Å²) in [6, 6.07) is 21.8. The molecule has 4 aromatic rings. The summed E-state index contributed by atoms with van der Waals surface area (Å²) >= 11 is 18.4. The minimum atomic E-state index is -0.257. The van der Waals surface area contributed by atoms with Crippen molar-refractivity contribution in [3.05, 3.63) is 99.1 Å². The number of carbonyl (C=O) groups excluding carboxylic acids is 1. The Kier molecular flexibility index (Phi) is 7.23. The third-order valence-electron chi connectivity index (χ3n) is 5.08. The molecule has 0 aliphatic rings. The minimum Gasteiger partial charge on any atom is -0.497 e. The van der Waals surface area contributed by atoms with E-state index >= 15 is 0 Å². The van der Waals surface area contributed by atoms with Crippen molar-refractivity contribution in [2.24, 2.45) is 0 Å². The SMILES string of the molecule is COc1ccc(-c2cc(C(=O)NCCc3ccc(Cl)cc3Cl)n(-c3cccc(Cl)c3)n2)cc1. The molecular weight excluding hydrogens is 481 g/mol. The average Bonchev–Trinajstić information content (AvgIpc) is 3.26. The fourth-order valence-electron chi connectivity index (χ4n) is 3.38. The van der Waals surface area contributed by atoms with Crippen molar-refractivity contribution in [3.8, 4) is 22.7 Å². The van der Waals surface area contributed by atoms with Gasteiger partial charge in [-0.1, -0.05) is 46.9 Å². The molecule has 0 unspecified atom stereocenters. The lowest BCUT2D eigenvalue weighted by Gasteiger charge is -2.09. The van der Waals surface area contributed by atoms with Gasteiger partial charge in [0.25, 0.3) is 5.91 Å². The third kappa shape index (κ3) is 5.50. The van der Waals surface area contributed by atoms with E-state index in [9.17, 15) is 4.79 Å². The van der Waals surface area contributed by atoms with E-state index in [1.807, 2.05) is 42.5 Å². The first-order chi connectivity index (χ1) is 15.9. The highest BCUT2D eigenvalue weighted by molar-refractivity contribution is 6.35. The maximum atomic E-state index is 13.1. The van der Waals surface area contributed by atoms with Crippen LogP contribution in [0.1, 0.15) is 16.1 Å². The predicted octanol–water partition coefficient (Wildman–Crippen LogP) is 6.48. The second kappa shape index (κ2) is 10.3. The fraction of sp³-hybridized carbons (Fsp3) is 0.120. The Bertz CT molecular complexity index is 1290. The molecule has 4 rings (SSSR count). The molecule has 0 aliphatic heterocycles. The number of benzene rings is 3. The van der Waals surface area contributed by atoms with Crippen molar-refractivity contribution in [3.63, 3.8) is 0 Å². The van der Waals surface area contributed by atoms with Crippen LogP contribution in [-0.2, 0) is 6.42 Å². The standard InChI is InChI=1S/C25H20Cl3N3O2/c1-33-21-9-6-17(7-10-21)23-15-24(31(30-23)20-4-2-3-18(26)13-20)25(32)29-12-11-16-5-8-19(27)14-22(16)28/h2-10,13-15H,11-12H2,1H3,(H,29,32). The quantitative estimate of drug-likeness (QED) is 0.316. The second-order valence-electron chi connectivity index (χ2n) is 7.28. The van der Waals surface area contributed by atoms with Gasteiger partial charge >= 0.3 is 0 Å². The number of aromatic nitrogens is 2. The van der Waals surface area contributed by atoms with E-state index < -0.39 is 0 Å². The van der Waals surface area contributed by atoms with Crippen LogP contribution in [0.5, 0.6) is 5.75 Å². The van der Waals surface area contributed by atoms with Gasteiger partial charge in [0.1, 0.15) is 11.4 Å². The zero-order chi connectivity index (χ0) is 23.4. The van der Waals surface area contributed by atoms with Crippen LogP contribution < -0.4 is 10.1 Å². The van der Waals surface area contributed by atoms with E-state index in [2.05, 4.69) is 10.4 Å². The number of rotatable bonds is 7. The maximum absolute atomic E-state index is 13.1. The molecule has 0 spiro atoms. The Morgan fingerprint density at radius 2 is 1.73 bits per heavy atom. The number of hydrogen-bond acceptors (Lipinski definition) is 3. The van der Waals surface area contributed by atoms with Crippen LogP contribution in [0.25, 0.3) is 16.9 Å². The van der Waals surface area contributed by atoms with Gasteiger partial charge in [-0.2, -0.15) is 5.10 Å². The van der Waals surface area contributed by atoms with Crippen molar-refractivity contribution in [2.75, 3.05) is 13.7 Å². The fourth-order valence-corrected chi connectivity index (χ4v) is 4.06. The molecule has 1 N–H and O–H groups in total. The van der Waals surface area contributed by atoms with E-state index in [0.717, 1.165) is 16.9 Å². The molecule has 8 heteroatoms. The molecule has 33 heavy (non-hydrogen) atoms. The first-order valence-electron chi connectivity index (χ1n) is 10.2. The monoisotopic (exact) mass is 499 g/mol. The molecule has 5 nitrogen and oxygen atoms in total. The van der Waals surface area contributed by atoms with E-state index in [-0.39, 0.29) is 5.91 Å². The zero-order valence-electron chi connectivity index (χ0n) is 17.7. The summed E-state index contributed by atoms with van der Waals surface area (Å²) in [4.78, 5) is 13.1. The van der Waals surface area contributed by atoms with Gasteiger partial charge in [-0.05, 0) is 72.6 Å². The van der Waals surface area contributed by atoms with E-state index in [1.165, 1.54) is 0 Å². The zero-order valence-corrected chi connectivity index (χ0v) is 20.0. The molecule has 0 saturated heterocycles. The topological polar surface area (TPSA) is 56.1 Å². The highest BCUT2D eigenvalue weighted by Gasteiger charge is 2.18. The Morgan fingerprint density at radius 3 is 2.42 bits per heavy atom. The van der Waals surface area contributed by atoms with Crippen molar-refractivity contribution in [2.45, 2.75) is 6.42 Å². The molecule has 0 radical (unpaired) electrons. The summed E-state index contributed by atoms with van der Waals surface area (Å²) in [5, 5.41) is 9.33. The Hall–Kier alpha value is -2.99. The summed E-state index contributed by atoms with van der Waals surface area (Å²) in [7, 11) is 1.61. The van der Waals surface area contributed by atoms with Crippen molar-refractivity contribution < 1.29 is 9.53 Å². The van der Waals surface area contributed by atoms with Crippen LogP contribution in [0.4, 0.5) is 0 Å². The second-order valence-corrected chi connectivity index (χ2v) is 8.56. The highest BCUT2D eigenvalue weighted by atomic mass is 35.5. The third-order valence-corrected chi connectivity index (χ3v) is 5.90. The van der Waals surface area contributed by atoms with Crippen LogP contribution in [0.15, 0.2) is 72.8 Å². The van der Waals surface area contributed by atoms with Gasteiger partial charge in [-0.25, -0.2) is 4.68 Å². The van der Waals surface area contributed by atoms with Crippen molar-refractivity contribution in [1.29, 1.82) is 0 Å². The summed E-state index contributed by atoms with van der Waals surface area (Å²) in [5.74, 6) is 0.485. The van der Waals surface area contributed by atoms with Crippen LogP contribution in [0.2, 0.25) is 15.1 Å². The molecule has 0 fully saturated rings. The molecule has 3 aromatic carbocycles. The molecule has 0 saturated carbocycles. The van der Waals surface area contributed by atoms with Crippen LogP contribution in [0, 0.1) is 0 Å².